The standard InChI is InChI=1S/C40H43BrN2O8/c1-42-14-12-27-20-36(48-5)39(49-23-41)40-38(27)30(42)16-25-8-11-32(46-3)34(18-25)50-28-9-6-24(7-10-28)17-31-29-21-35(51-40)33(47-4)19-26(29)13-15-43(31,2)22-37(44)45/h6-11,18-21,30-31H,12-17,22-23H2,1-5H3/p+1. The van der Waals surface area contributed by atoms with Crippen molar-refractivity contribution in [2.45, 2.75) is 37.8 Å². The maximum Gasteiger partial charge on any atom is 0.359 e. The van der Waals surface area contributed by atoms with E-state index < -0.39 is 5.97 Å². The van der Waals surface area contributed by atoms with Crippen molar-refractivity contribution in [3.05, 3.63) is 94.0 Å². The number of carbonyl (C=O) groups is 1. The number of rotatable bonds is 7. The molecule has 0 spiro atoms. The van der Waals surface area contributed by atoms with Crippen molar-refractivity contribution in [3.8, 4) is 46.0 Å². The number of halogens is 1. The molecule has 0 amide bonds. The molecule has 3 atom stereocenters. The number of methoxy groups -OCH3 is 3. The number of alkyl halides is 1. The van der Waals surface area contributed by atoms with E-state index in [1.807, 2.05) is 31.3 Å². The normalized spacial score (nSPS) is 20.9. The molecule has 4 heterocycles. The molecule has 3 unspecified atom stereocenters. The predicted octanol–water partition coefficient (Wildman–Crippen LogP) is 7.48. The van der Waals surface area contributed by atoms with Crippen LogP contribution in [0.5, 0.6) is 46.0 Å². The van der Waals surface area contributed by atoms with Gasteiger partial charge >= 0.3 is 5.97 Å². The van der Waals surface area contributed by atoms with Gasteiger partial charge in [0.25, 0.3) is 0 Å². The number of quaternary nitrogens is 1. The number of carboxylic acids is 1. The van der Waals surface area contributed by atoms with Gasteiger partial charge in [-0.3, -0.25) is 4.90 Å². The topological polar surface area (TPSA) is 95.9 Å². The summed E-state index contributed by atoms with van der Waals surface area (Å²) in [7, 11) is 9.10. The van der Waals surface area contributed by atoms with Gasteiger partial charge in [-0.05, 0) is 101 Å². The molecule has 6 bridgehead atoms. The van der Waals surface area contributed by atoms with E-state index in [0.717, 1.165) is 46.3 Å². The summed E-state index contributed by atoms with van der Waals surface area (Å²) in [6.45, 7) is 1.50. The molecule has 0 aromatic heterocycles. The third-order valence-corrected chi connectivity index (χ3v) is 10.9. The zero-order chi connectivity index (χ0) is 35.9. The smallest absolute Gasteiger partial charge is 0.359 e. The molecule has 10 nitrogen and oxygen atoms in total. The first-order valence-corrected chi connectivity index (χ1v) is 18.3. The van der Waals surface area contributed by atoms with Gasteiger partial charge < -0.3 is 38.0 Å². The number of benzene rings is 4. The van der Waals surface area contributed by atoms with E-state index >= 15 is 0 Å². The van der Waals surface area contributed by atoms with E-state index in [1.165, 1.54) is 0 Å². The second-order valence-electron chi connectivity index (χ2n) is 13.8. The third kappa shape index (κ3) is 6.70. The summed E-state index contributed by atoms with van der Waals surface area (Å²) in [6.07, 6.45) is 2.78. The molecular weight excluding hydrogens is 716 g/mol. The number of hydrogen-bond acceptors (Lipinski definition) is 8. The number of carboxylic acid groups (broad SMARTS) is 1. The highest BCUT2D eigenvalue weighted by Gasteiger charge is 2.42. The molecule has 0 radical (unpaired) electrons. The van der Waals surface area contributed by atoms with Crippen molar-refractivity contribution < 1.29 is 42.8 Å². The molecule has 8 rings (SSSR count). The first-order chi connectivity index (χ1) is 24.6. The van der Waals surface area contributed by atoms with Gasteiger partial charge in [0.05, 0.1) is 34.9 Å². The zero-order valence-corrected chi connectivity index (χ0v) is 31.2. The van der Waals surface area contributed by atoms with Gasteiger partial charge in [-0.1, -0.05) is 18.2 Å². The molecule has 4 aromatic rings. The molecular formula is C40H44BrN2O8+. The minimum absolute atomic E-state index is 0.00962. The summed E-state index contributed by atoms with van der Waals surface area (Å²) < 4.78 is 37.8. The van der Waals surface area contributed by atoms with Crippen molar-refractivity contribution >= 4 is 21.9 Å². The molecule has 4 aromatic carbocycles. The van der Waals surface area contributed by atoms with E-state index in [1.54, 1.807) is 21.3 Å². The van der Waals surface area contributed by atoms with Crippen LogP contribution in [-0.2, 0) is 30.5 Å². The lowest BCUT2D eigenvalue weighted by molar-refractivity contribution is -0.934. The fraction of sp³-hybridized carbons (Fsp3) is 0.375. The van der Waals surface area contributed by atoms with Gasteiger partial charge in [0.1, 0.15) is 17.3 Å². The van der Waals surface area contributed by atoms with Crippen molar-refractivity contribution in [1.29, 1.82) is 0 Å². The van der Waals surface area contributed by atoms with Gasteiger partial charge in [-0.2, -0.15) is 0 Å². The summed E-state index contributed by atoms with van der Waals surface area (Å²) in [4.78, 5) is 14.6. The molecule has 0 saturated heterocycles. The molecule has 0 saturated carbocycles. The summed E-state index contributed by atoms with van der Waals surface area (Å²) in [5, 5.41) is 10.1. The Labute approximate surface area is 307 Å². The highest BCUT2D eigenvalue weighted by atomic mass is 79.9. The van der Waals surface area contributed by atoms with Gasteiger partial charge in [-0.15, -0.1) is 0 Å². The molecule has 51 heavy (non-hydrogen) atoms. The average molecular weight is 761 g/mol. The maximum absolute atomic E-state index is 12.3. The van der Waals surface area contributed by atoms with Crippen LogP contribution in [0.15, 0.2) is 60.7 Å². The number of ether oxygens (including phenoxy) is 6. The van der Waals surface area contributed by atoms with Gasteiger partial charge in [0.2, 0.25) is 5.75 Å². The molecule has 1 N–H and O–H groups in total. The Hall–Kier alpha value is -4.45. The lowest BCUT2D eigenvalue weighted by Gasteiger charge is -2.45. The average Bonchev–Trinajstić information content (AvgIpc) is 3.11. The number of aliphatic carboxylic acids is 1. The number of hydrogen-bond donors (Lipinski definition) is 1. The Bertz CT molecular complexity index is 1950. The monoisotopic (exact) mass is 759 g/mol. The second-order valence-corrected chi connectivity index (χ2v) is 14.2. The van der Waals surface area contributed by atoms with Crippen LogP contribution in [0.25, 0.3) is 0 Å². The maximum atomic E-state index is 12.3. The van der Waals surface area contributed by atoms with Crippen molar-refractivity contribution in [3.63, 3.8) is 0 Å². The van der Waals surface area contributed by atoms with Crippen LogP contribution < -0.4 is 28.4 Å². The third-order valence-electron chi connectivity index (χ3n) is 10.7. The van der Waals surface area contributed by atoms with Crippen LogP contribution in [-0.4, -0.2) is 81.0 Å². The highest BCUT2D eigenvalue weighted by Crippen LogP contribution is 2.52. The predicted molar refractivity (Wildman–Crippen MR) is 196 cm³/mol. The van der Waals surface area contributed by atoms with Crippen LogP contribution in [0, 0.1) is 0 Å². The molecule has 0 fully saturated rings. The van der Waals surface area contributed by atoms with Gasteiger partial charge in [-0.25, -0.2) is 4.79 Å². The van der Waals surface area contributed by atoms with Crippen LogP contribution in [0.1, 0.15) is 45.5 Å². The molecule has 4 aliphatic rings. The fourth-order valence-electron chi connectivity index (χ4n) is 8.01. The number of fused-ring (bicyclic) bond motifs is 2. The zero-order valence-electron chi connectivity index (χ0n) is 29.7. The SMILES string of the molecule is COc1ccc2cc1Oc1ccc(cc1)CC1c3cc(c(OC)cc3CC[N+]1(C)CC(=O)O)Oc1c(OCBr)c(OC)cc3c1C(C2)N(C)CC3. The van der Waals surface area contributed by atoms with Crippen LogP contribution in [0.2, 0.25) is 0 Å². The minimum Gasteiger partial charge on any atom is -0.493 e. The first kappa shape index (κ1) is 35.0. The Morgan fingerprint density at radius 1 is 0.882 bits per heavy atom. The van der Waals surface area contributed by atoms with Crippen molar-refractivity contribution in [2.75, 3.05) is 60.6 Å². The molecule has 268 valence electrons. The summed E-state index contributed by atoms with van der Waals surface area (Å²) in [5.74, 6) is 3.88. The highest BCUT2D eigenvalue weighted by molar-refractivity contribution is 9.09. The van der Waals surface area contributed by atoms with Gasteiger partial charge in [0.15, 0.2) is 41.0 Å². The van der Waals surface area contributed by atoms with Crippen molar-refractivity contribution in [2.24, 2.45) is 0 Å². The molecule has 4 aliphatic heterocycles. The summed E-state index contributed by atoms with van der Waals surface area (Å²) in [5.41, 5.74) is 6.65. The second kappa shape index (κ2) is 14.3. The van der Waals surface area contributed by atoms with E-state index in [-0.39, 0.29) is 24.1 Å². The summed E-state index contributed by atoms with van der Waals surface area (Å²) >= 11 is 3.48. The van der Waals surface area contributed by atoms with E-state index in [4.69, 9.17) is 28.4 Å². The van der Waals surface area contributed by atoms with E-state index in [2.05, 4.69) is 64.3 Å². The Kier molecular flexibility index (Phi) is 9.80. The number of nitrogens with zero attached hydrogens (tertiary/aromatic N) is 2. The Morgan fingerprint density at radius 3 is 2.29 bits per heavy atom. The van der Waals surface area contributed by atoms with Gasteiger partial charge in [0, 0.05) is 36.6 Å². The van der Waals surface area contributed by atoms with E-state index in [0.29, 0.717) is 76.3 Å². The molecule has 0 aliphatic carbocycles. The largest absolute Gasteiger partial charge is 0.493 e. The first-order valence-electron chi connectivity index (χ1n) is 17.2. The molecule has 11 heteroatoms. The lowest BCUT2D eigenvalue weighted by atomic mass is 9.86. The van der Waals surface area contributed by atoms with Crippen LogP contribution >= 0.6 is 15.9 Å². The van der Waals surface area contributed by atoms with Crippen LogP contribution in [0.3, 0.4) is 0 Å². The van der Waals surface area contributed by atoms with Crippen LogP contribution in [0.4, 0.5) is 0 Å². The Morgan fingerprint density at radius 2 is 1.59 bits per heavy atom. The summed E-state index contributed by atoms with van der Waals surface area (Å²) in [6, 6.07) is 20.0. The van der Waals surface area contributed by atoms with Crippen molar-refractivity contribution in [1.82, 2.24) is 4.90 Å². The fourth-order valence-corrected chi connectivity index (χ4v) is 8.24. The minimum atomic E-state index is -0.833. The van der Waals surface area contributed by atoms with E-state index in [9.17, 15) is 9.90 Å². The number of likely N-dealkylation sites (N-methyl/N-ethyl adjacent to an activating group) is 2. The Balaban J connectivity index is 1.49. The lowest BCUT2D eigenvalue weighted by Crippen LogP contribution is -2.54. The quantitative estimate of drug-likeness (QED) is 0.152.